The van der Waals surface area contributed by atoms with Gasteiger partial charge in [0.05, 0.1) is 19.3 Å². The number of aromatic nitrogens is 2. The van der Waals surface area contributed by atoms with Crippen molar-refractivity contribution in [1.82, 2.24) is 14.5 Å². The third-order valence-corrected chi connectivity index (χ3v) is 4.95. The number of aryl methyl sites for hydroxylation is 1. The second kappa shape index (κ2) is 7.30. The number of benzene rings is 1. The molecule has 0 atom stereocenters. The summed E-state index contributed by atoms with van der Waals surface area (Å²) in [5.41, 5.74) is 3.50. The average Bonchev–Trinajstić information content (AvgIpc) is 2.96. The van der Waals surface area contributed by atoms with Crippen molar-refractivity contribution in [3.63, 3.8) is 0 Å². The van der Waals surface area contributed by atoms with E-state index in [1.54, 1.807) is 7.11 Å². The normalized spacial score (nSPS) is 13.9. The van der Waals surface area contributed by atoms with E-state index in [9.17, 15) is 4.79 Å². The van der Waals surface area contributed by atoms with E-state index in [4.69, 9.17) is 9.72 Å². The fourth-order valence-electron chi connectivity index (χ4n) is 3.48. The monoisotopic (exact) mass is 341 g/mol. The lowest BCUT2D eigenvalue weighted by molar-refractivity contribution is -0.132. The molecular formula is C20H27N3O2. The van der Waals surface area contributed by atoms with Crippen LogP contribution in [0.15, 0.2) is 24.3 Å². The summed E-state index contributed by atoms with van der Waals surface area (Å²) >= 11 is 0. The molecule has 5 heteroatoms. The van der Waals surface area contributed by atoms with Gasteiger partial charge in [-0.05, 0) is 24.1 Å². The molecule has 1 amide bonds. The van der Waals surface area contributed by atoms with E-state index < -0.39 is 0 Å². The molecule has 0 spiro atoms. The standard InChI is InChI=1S/C20H27N3O2/c1-14(2)20-21-17-13-23(12-11-18(17)22(20)3)19(24)10-7-15-5-8-16(25-4)9-6-15/h5-6,8-9,14H,7,10-13H2,1-4H3. The highest BCUT2D eigenvalue weighted by molar-refractivity contribution is 5.76. The molecule has 0 N–H and O–H groups in total. The van der Waals surface area contributed by atoms with Crippen molar-refractivity contribution in [2.45, 2.75) is 45.6 Å². The maximum absolute atomic E-state index is 12.6. The summed E-state index contributed by atoms with van der Waals surface area (Å²) < 4.78 is 7.37. The van der Waals surface area contributed by atoms with E-state index in [1.807, 2.05) is 29.2 Å². The van der Waals surface area contributed by atoms with Gasteiger partial charge in [0.25, 0.3) is 0 Å². The number of carbonyl (C=O) groups is 1. The van der Waals surface area contributed by atoms with Crippen LogP contribution in [0.1, 0.15) is 49.0 Å². The van der Waals surface area contributed by atoms with Crippen molar-refractivity contribution >= 4 is 5.91 Å². The molecule has 1 aliphatic rings. The zero-order valence-corrected chi connectivity index (χ0v) is 15.6. The fraction of sp³-hybridized carbons (Fsp3) is 0.500. The second-order valence-electron chi connectivity index (χ2n) is 6.99. The van der Waals surface area contributed by atoms with Gasteiger partial charge in [0.1, 0.15) is 11.6 Å². The van der Waals surface area contributed by atoms with Crippen LogP contribution in [0.3, 0.4) is 0 Å². The number of hydrogen-bond donors (Lipinski definition) is 0. The SMILES string of the molecule is COc1ccc(CCC(=O)N2CCc3c(nc(C(C)C)n3C)C2)cc1. The first kappa shape index (κ1) is 17.5. The van der Waals surface area contributed by atoms with Crippen molar-refractivity contribution in [3.05, 3.63) is 47.0 Å². The maximum Gasteiger partial charge on any atom is 0.223 e. The molecule has 0 aliphatic carbocycles. The van der Waals surface area contributed by atoms with Crippen LogP contribution >= 0.6 is 0 Å². The van der Waals surface area contributed by atoms with Crippen LogP contribution in [0.2, 0.25) is 0 Å². The molecule has 1 aromatic carbocycles. The molecule has 2 heterocycles. The third kappa shape index (κ3) is 3.70. The highest BCUT2D eigenvalue weighted by Crippen LogP contribution is 2.24. The number of methoxy groups -OCH3 is 1. The fourth-order valence-corrected chi connectivity index (χ4v) is 3.48. The molecule has 0 bridgehead atoms. The minimum atomic E-state index is 0.207. The van der Waals surface area contributed by atoms with Gasteiger partial charge in [0.15, 0.2) is 0 Å². The van der Waals surface area contributed by atoms with E-state index in [-0.39, 0.29) is 5.91 Å². The Morgan fingerprint density at radius 2 is 2.00 bits per heavy atom. The molecule has 134 valence electrons. The summed E-state index contributed by atoms with van der Waals surface area (Å²) in [5, 5.41) is 0. The topological polar surface area (TPSA) is 47.4 Å². The van der Waals surface area contributed by atoms with Crippen molar-refractivity contribution in [1.29, 1.82) is 0 Å². The van der Waals surface area contributed by atoms with Crippen LogP contribution in [0, 0.1) is 0 Å². The highest BCUT2D eigenvalue weighted by atomic mass is 16.5. The summed E-state index contributed by atoms with van der Waals surface area (Å²) in [5.74, 6) is 2.56. The van der Waals surface area contributed by atoms with E-state index in [2.05, 4.69) is 25.5 Å². The van der Waals surface area contributed by atoms with Gasteiger partial charge < -0.3 is 14.2 Å². The lowest BCUT2D eigenvalue weighted by Gasteiger charge is -2.27. The quantitative estimate of drug-likeness (QED) is 0.840. The summed E-state index contributed by atoms with van der Waals surface area (Å²) in [6, 6.07) is 7.92. The Hall–Kier alpha value is -2.30. The number of amides is 1. The highest BCUT2D eigenvalue weighted by Gasteiger charge is 2.25. The van der Waals surface area contributed by atoms with Gasteiger partial charge in [0.2, 0.25) is 5.91 Å². The van der Waals surface area contributed by atoms with Gasteiger partial charge >= 0.3 is 0 Å². The first-order valence-corrected chi connectivity index (χ1v) is 8.94. The van der Waals surface area contributed by atoms with E-state index in [0.29, 0.717) is 18.9 Å². The number of rotatable bonds is 5. The number of ether oxygens (including phenoxy) is 1. The number of carbonyl (C=O) groups excluding carboxylic acids is 1. The van der Waals surface area contributed by atoms with Gasteiger partial charge in [-0.2, -0.15) is 0 Å². The molecular weight excluding hydrogens is 314 g/mol. The molecule has 3 rings (SSSR count). The predicted octanol–water partition coefficient (Wildman–Crippen LogP) is 3.07. The lowest BCUT2D eigenvalue weighted by atomic mass is 10.1. The average molecular weight is 341 g/mol. The molecule has 0 fully saturated rings. The van der Waals surface area contributed by atoms with E-state index in [1.165, 1.54) is 5.69 Å². The molecule has 0 saturated heterocycles. The predicted molar refractivity (Wildman–Crippen MR) is 97.7 cm³/mol. The Balaban J connectivity index is 1.61. The van der Waals surface area contributed by atoms with Crippen LogP contribution in [0.25, 0.3) is 0 Å². The van der Waals surface area contributed by atoms with Gasteiger partial charge in [-0.1, -0.05) is 26.0 Å². The van der Waals surface area contributed by atoms with Crippen LogP contribution in [-0.4, -0.2) is 34.0 Å². The Bertz CT molecular complexity index is 747. The largest absolute Gasteiger partial charge is 0.497 e. The molecule has 1 aliphatic heterocycles. The molecule has 0 radical (unpaired) electrons. The van der Waals surface area contributed by atoms with E-state index in [0.717, 1.165) is 42.2 Å². The Kier molecular flexibility index (Phi) is 5.11. The Morgan fingerprint density at radius 3 is 2.64 bits per heavy atom. The zero-order chi connectivity index (χ0) is 18.0. The minimum Gasteiger partial charge on any atom is -0.497 e. The summed E-state index contributed by atoms with van der Waals surface area (Å²) in [6.45, 7) is 5.74. The summed E-state index contributed by atoms with van der Waals surface area (Å²) in [6.07, 6.45) is 2.18. The van der Waals surface area contributed by atoms with Gasteiger partial charge in [-0.15, -0.1) is 0 Å². The van der Waals surface area contributed by atoms with Crippen LogP contribution in [0.5, 0.6) is 5.75 Å². The third-order valence-electron chi connectivity index (χ3n) is 4.95. The maximum atomic E-state index is 12.6. The van der Waals surface area contributed by atoms with Gasteiger partial charge in [-0.25, -0.2) is 4.98 Å². The molecule has 5 nitrogen and oxygen atoms in total. The number of nitrogens with zero attached hydrogens (tertiary/aromatic N) is 3. The van der Waals surface area contributed by atoms with Crippen LogP contribution < -0.4 is 4.74 Å². The molecule has 25 heavy (non-hydrogen) atoms. The van der Waals surface area contributed by atoms with Crippen molar-refractivity contribution in [2.24, 2.45) is 7.05 Å². The lowest BCUT2D eigenvalue weighted by Crippen LogP contribution is -2.36. The van der Waals surface area contributed by atoms with Gasteiger partial charge in [-0.3, -0.25) is 4.79 Å². The molecule has 0 unspecified atom stereocenters. The van der Waals surface area contributed by atoms with Crippen molar-refractivity contribution in [3.8, 4) is 5.75 Å². The molecule has 2 aromatic rings. The Morgan fingerprint density at radius 1 is 1.28 bits per heavy atom. The van der Waals surface area contributed by atoms with Crippen molar-refractivity contribution < 1.29 is 9.53 Å². The van der Waals surface area contributed by atoms with Crippen LogP contribution in [-0.2, 0) is 31.2 Å². The second-order valence-corrected chi connectivity index (χ2v) is 6.99. The Labute approximate surface area is 149 Å². The van der Waals surface area contributed by atoms with Crippen LogP contribution in [0.4, 0.5) is 0 Å². The molecule has 0 saturated carbocycles. The van der Waals surface area contributed by atoms with Gasteiger partial charge in [0, 0.05) is 38.0 Å². The zero-order valence-electron chi connectivity index (χ0n) is 15.6. The summed E-state index contributed by atoms with van der Waals surface area (Å²) in [4.78, 5) is 19.3. The molecule has 1 aromatic heterocycles. The smallest absolute Gasteiger partial charge is 0.223 e. The first-order chi connectivity index (χ1) is 12.0. The number of hydrogen-bond acceptors (Lipinski definition) is 3. The van der Waals surface area contributed by atoms with E-state index >= 15 is 0 Å². The summed E-state index contributed by atoms with van der Waals surface area (Å²) in [7, 11) is 3.74. The van der Waals surface area contributed by atoms with Crippen molar-refractivity contribution in [2.75, 3.05) is 13.7 Å². The number of imidazole rings is 1. The minimum absolute atomic E-state index is 0.207. The number of fused-ring (bicyclic) bond motifs is 1. The first-order valence-electron chi connectivity index (χ1n) is 8.94.